The Kier molecular flexibility index (Phi) is 5.70. The molecule has 1 fully saturated rings. The summed E-state index contributed by atoms with van der Waals surface area (Å²) in [5, 5.41) is 2.80. The number of nitrogens with zero attached hydrogens (tertiary/aromatic N) is 1. The maximum atomic E-state index is 12.9. The molecule has 1 heterocycles. The van der Waals surface area contributed by atoms with Crippen LogP contribution in [-0.2, 0) is 21.3 Å². The first kappa shape index (κ1) is 18.6. The van der Waals surface area contributed by atoms with Crippen molar-refractivity contribution in [1.82, 2.24) is 9.62 Å². The molecule has 0 saturated carbocycles. The molecular formula is C19H22N2O4S. The fourth-order valence-corrected chi connectivity index (χ4v) is 4.44. The van der Waals surface area contributed by atoms with Gasteiger partial charge in [-0.3, -0.25) is 4.79 Å². The Morgan fingerprint density at radius 2 is 1.73 bits per heavy atom. The minimum absolute atomic E-state index is 0.145. The third-order valence-corrected chi connectivity index (χ3v) is 6.31. The van der Waals surface area contributed by atoms with Crippen molar-refractivity contribution < 1.29 is 17.9 Å². The van der Waals surface area contributed by atoms with Crippen molar-refractivity contribution in [3.05, 3.63) is 65.2 Å². The summed E-state index contributed by atoms with van der Waals surface area (Å²) in [4.78, 5) is 12.5. The number of morpholine rings is 1. The highest BCUT2D eigenvalue weighted by atomic mass is 32.2. The zero-order chi connectivity index (χ0) is 18.6. The first-order valence-corrected chi connectivity index (χ1v) is 9.93. The van der Waals surface area contributed by atoms with Crippen LogP contribution in [0, 0.1) is 6.92 Å². The van der Waals surface area contributed by atoms with Gasteiger partial charge in [0.05, 0.1) is 18.1 Å². The molecule has 0 atom stereocenters. The van der Waals surface area contributed by atoms with Crippen LogP contribution < -0.4 is 5.32 Å². The molecule has 0 bridgehead atoms. The van der Waals surface area contributed by atoms with Crippen LogP contribution in [0.1, 0.15) is 21.5 Å². The fraction of sp³-hybridized carbons (Fsp3) is 0.316. The van der Waals surface area contributed by atoms with Crippen LogP contribution in [0.3, 0.4) is 0 Å². The Labute approximate surface area is 153 Å². The Morgan fingerprint density at radius 1 is 1.08 bits per heavy atom. The van der Waals surface area contributed by atoms with Gasteiger partial charge in [-0.25, -0.2) is 8.42 Å². The average molecular weight is 374 g/mol. The van der Waals surface area contributed by atoms with Gasteiger partial charge in [0, 0.05) is 25.2 Å². The first-order chi connectivity index (χ1) is 12.5. The summed E-state index contributed by atoms with van der Waals surface area (Å²) >= 11 is 0. The van der Waals surface area contributed by atoms with Crippen molar-refractivity contribution in [3.8, 4) is 0 Å². The van der Waals surface area contributed by atoms with E-state index in [4.69, 9.17) is 4.74 Å². The molecule has 0 aliphatic carbocycles. The average Bonchev–Trinajstić information content (AvgIpc) is 2.67. The van der Waals surface area contributed by atoms with E-state index in [1.165, 1.54) is 4.31 Å². The standard InChI is InChI=1S/C19H22N2O4S/c1-15-6-8-16(9-7-15)19(22)20-14-17-4-2-3-5-18(17)26(23,24)21-10-12-25-13-11-21/h2-9H,10-14H2,1H3,(H,20,22). The number of sulfonamides is 1. The van der Waals surface area contributed by atoms with E-state index in [0.717, 1.165) is 5.56 Å². The number of carbonyl (C=O) groups is 1. The van der Waals surface area contributed by atoms with Crippen LogP contribution in [-0.4, -0.2) is 44.9 Å². The van der Waals surface area contributed by atoms with E-state index in [1.54, 1.807) is 36.4 Å². The van der Waals surface area contributed by atoms with Gasteiger partial charge in [-0.1, -0.05) is 35.9 Å². The molecule has 1 N–H and O–H groups in total. The molecule has 3 rings (SSSR count). The lowest BCUT2D eigenvalue weighted by atomic mass is 10.1. The van der Waals surface area contributed by atoms with E-state index in [0.29, 0.717) is 37.4 Å². The monoisotopic (exact) mass is 374 g/mol. The molecule has 2 aromatic rings. The predicted molar refractivity (Wildman–Crippen MR) is 98.4 cm³/mol. The van der Waals surface area contributed by atoms with Crippen molar-refractivity contribution in [1.29, 1.82) is 0 Å². The second kappa shape index (κ2) is 7.99. The number of rotatable bonds is 5. The molecule has 0 radical (unpaired) electrons. The topological polar surface area (TPSA) is 75.7 Å². The lowest BCUT2D eigenvalue weighted by Gasteiger charge is -2.27. The van der Waals surface area contributed by atoms with Gasteiger partial charge in [0.15, 0.2) is 0 Å². The maximum Gasteiger partial charge on any atom is 0.251 e. The Balaban J connectivity index is 1.77. The zero-order valence-corrected chi connectivity index (χ0v) is 15.5. The lowest BCUT2D eigenvalue weighted by molar-refractivity contribution is 0.0730. The molecule has 1 saturated heterocycles. The lowest BCUT2D eigenvalue weighted by Crippen LogP contribution is -2.41. The molecule has 1 aliphatic heterocycles. The summed E-state index contributed by atoms with van der Waals surface area (Å²) in [6.45, 7) is 3.57. The molecule has 0 spiro atoms. The number of nitrogens with one attached hydrogen (secondary N) is 1. The number of aryl methyl sites for hydroxylation is 1. The number of ether oxygens (including phenoxy) is 1. The second-order valence-corrected chi connectivity index (χ2v) is 8.08. The quantitative estimate of drug-likeness (QED) is 0.868. The molecule has 6 nitrogen and oxygen atoms in total. The van der Waals surface area contributed by atoms with Crippen LogP contribution in [0.25, 0.3) is 0 Å². The Morgan fingerprint density at radius 3 is 2.42 bits per heavy atom. The third-order valence-electron chi connectivity index (χ3n) is 4.31. The molecule has 7 heteroatoms. The van der Waals surface area contributed by atoms with Gasteiger partial charge in [-0.05, 0) is 30.7 Å². The summed E-state index contributed by atoms with van der Waals surface area (Å²) in [7, 11) is -3.61. The van der Waals surface area contributed by atoms with Gasteiger partial charge in [0.2, 0.25) is 10.0 Å². The van der Waals surface area contributed by atoms with Gasteiger partial charge in [0.25, 0.3) is 5.91 Å². The highest BCUT2D eigenvalue weighted by Gasteiger charge is 2.28. The van der Waals surface area contributed by atoms with Crippen LogP contribution >= 0.6 is 0 Å². The minimum atomic E-state index is -3.61. The van der Waals surface area contributed by atoms with Gasteiger partial charge in [0.1, 0.15) is 0 Å². The Hall–Kier alpha value is -2.22. The van der Waals surface area contributed by atoms with Crippen LogP contribution in [0.5, 0.6) is 0 Å². The van der Waals surface area contributed by atoms with Gasteiger partial charge >= 0.3 is 0 Å². The molecule has 0 unspecified atom stereocenters. The summed E-state index contributed by atoms with van der Waals surface area (Å²) in [6.07, 6.45) is 0. The Bertz CT molecular complexity index is 873. The number of benzene rings is 2. The molecule has 2 aromatic carbocycles. The van der Waals surface area contributed by atoms with E-state index >= 15 is 0 Å². The third kappa shape index (κ3) is 4.12. The van der Waals surface area contributed by atoms with Crippen LogP contribution in [0.4, 0.5) is 0 Å². The van der Waals surface area contributed by atoms with Crippen LogP contribution in [0.2, 0.25) is 0 Å². The van der Waals surface area contributed by atoms with E-state index in [-0.39, 0.29) is 17.3 Å². The number of amides is 1. The summed E-state index contributed by atoms with van der Waals surface area (Å²) in [6, 6.07) is 14.0. The van der Waals surface area contributed by atoms with Crippen LogP contribution in [0.15, 0.2) is 53.4 Å². The first-order valence-electron chi connectivity index (χ1n) is 8.49. The largest absolute Gasteiger partial charge is 0.379 e. The summed E-state index contributed by atoms with van der Waals surface area (Å²) in [5.41, 5.74) is 2.19. The maximum absolute atomic E-state index is 12.9. The van der Waals surface area contributed by atoms with E-state index in [9.17, 15) is 13.2 Å². The molecule has 1 amide bonds. The molecule has 138 valence electrons. The van der Waals surface area contributed by atoms with Crippen molar-refractivity contribution in [3.63, 3.8) is 0 Å². The van der Waals surface area contributed by atoms with E-state index in [2.05, 4.69) is 5.32 Å². The van der Waals surface area contributed by atoms with Crippen molar-refractivity contribution in [2.24, 2.45) is 0 Å². The molecule has 1 aliphatic rings. The zero-order valence-electron chi connectivity index (χ0n) is 14.6. The number of hydrogen-bond acceptors (Lipinski definition) is 4. The van der Waals surface area contributed by atoms with Gasteiger partial charge in [-0.2, -0.15) is 4.31 Å². The predicted octanol–water partition coefficient (Wildman–Crippen LogP) is 1.95. The highest BCUT2D eigenvalue weighted by molar-refractivity contribution is 7.89. The molecular weight excluding hydrogens is 352 g/mol. The minimum Gasteiger partial charge on any atom is -0.379 e. The number of hydrogen-bond donors (Lipinski definition) is 1. The van der Waals surface area contributed by atoms with Gasteiger partial charge < -0.3 is 10.1 Å². The molecule has 26 heavy (non-hydrogen) atoms. The van der Waals surface area contributed by atoms with Crippen molar-refractivity contribution in [2.45, 2.75) is 18.4 Å². The number of carbonyl (C=O) groups excluding carboxylic acids is 1. The molecule has 0 aromatic heterocycles. The SMILES string of the molecule is Cc1ccc(C(=O)NCc2ccccc2S(=O)(=O)N2CCOCC2)cc1. The van der Waals surface area contributed by atoms with Gasteiger partial charge in [-0.15, -0.1) is 0 Å². The van der Waals surface area contributed by atoms with E-state index < -0.39 is 10.0 Å². The van der Waals surface area contributed by atoms with E-state index in [1.807, 2.05) is 19.1 Å². The fourth-order valence-electron chi connectivity index (χ4n) is 2.81. The second-order valence-electron chi connectivity index (χ2n) is 6.17. The summed E-state index contributed by atoms with van der Waals surface area (Å²) < 4.78 is 32.5. The highest BCUT2D eigenvalue weighted by Crippen LogP contribution is 2.21. The smallest absolute Gasteiger partial charge is 0.251 e. The normalized spacial score (nSPS) is 15.6. The van der Waals surface area contributed by atoms with Crippen molar-refractivity contribution in [2.75, 3.05) is 26.3 Å². The summed E-state index contributed by atoms with van der Waals surface area (Å²) in [5.74, 6) is -0.233. The van der Waals surface area contributed by atoms with Crippen molar-refractivity contribution >= 4 is 15.9 Å².